The SMILES string of the molecule is COc1cccc(C(=O)NN=Cc2ccc(OC)c(CN3CCSCC3)c2)c1. The van der Waals surface area contributed by atoms with Crippen LogP contribution in [0.2, 0.25) is 0 Å². The Morgan fingerprint density at radius 1 is 1.18 bits per heavy atom. The van der Waals surface area contributed by atoms with Gasteiger partial charge >= 0.3 is 0 Å². The highest BCUT2D eigenvalue weighted by Crippen LogP contribution is 2.22. The Labute approximate surface area is 169 Å². The zero-order valence-electron chi connectivity index (χ0n) is 16.2. The highest BCUT2D eigenvalue weighted by molar-refractivity contribution is 7.99. The van der Waals surface area contributed by atoms with E-state index in [0.29, 0.717) is 11.3 Å². The molecule has 3 rings (SSSR count). The predicted octanol–water partition coefficient (Wildman–Crippen LogP) is 3.02. The van der Waals surface area contributed by atoms with E-state index in [1.165, 1.54) is 11.5 Å². The number of benzene rings is 2. The Kier molecular flexibility index (Phi) is 7.33. The standard InChI is InChI=1S/C21H25N3O3S/c1-26-19-5-3-4-17(13-19)21(25)23-22-14-16-6-7-20(27-2)18(12-16)15-24-8-10-28-11-9-24/h3-7,12-14H,8-11,15H2,1-2H3,(H,23,25). The third-order valence-corrected chi connectivity index (χ3v) is 5.46. The Morgan fingerprint density at radius 3 is 2.75 bits per heavy atom. The number of amides is 1. The van der Waals surface area contributed by atoms with E-state index in [1.54, 1.807) is 44.7 Å². The number of carbonyl (C=O) groups is 1. The average Bonchev–Trinajstić information content (AvgIpc) is 2.74. The van der Waals surface area contributed by atoms with Gasteiger partial charge in [0.2, 0.25) is 0 Å². The summed E-state index contributed by atoms with van der Waals surface area (Å²) >= 11 is 1.99. The minimum Gasteiger partial charge on any atom is -0.497 e. The van der Waals surface area contributed by atoms with Crippen molar-refractivity contribution in [3.63, 3.8) is 0 Å². The zero-order chi connectivity index (χ0) is 19.8. The van der Waals surface area contributed by atoms with E-state index in [1.807, 2.05) is 23.9 Å². The maximum Gasteiger partial charge on any atom is 0.271 e. The van der Waals surface area contributed by atoms with Crippen LogP contribution in [0.1, 0.15) is 21.5 Å². The van der Waals surface area contributed by atoms with Crippen molar-refractivity contribution in [1.82, 2.24) is 10.3 Å². The van der Waals surface area contributed by atoms with E-state index >= 15 is 0 Å². The third kappa shape index (κ3) is 5.50. The van der Waals surface area contributed by atoms with Crippen molar-refractivity contribution in [3.05, 3.63) is 59.2 Å². The second kappa shape index (κ2) is 10.1. The summed E-state index contributed by atoms with van der Waals surface area (Å²) < 4.78 is 10.6. The number of hydrogen-bond donors (Lipinski definition) is 1. The molecular formula is C21H25N3O3S. The summed E-state index contributed by atoms with van der Waals surface area (Å²) in [7, 11) is 3.26. The Bertz CT molecular complexity index is 835. The van der Waals surface area contributed by atoms with Gasteiger partial charge in [0, 0.05) is 42.3 Å². The molecule has 1 N–H and O–H groups in total. The number of carbonyl (C=O) groups excluding carboxylic acids is 1. The van der Waals surface area contributed by atoms with Crippen LogP contribution >= 0.6 is 11.8 Å². The van der Waals surface area contributed by atoms with Gasteiger partial charge in [-0.05, 0) is 42.0 Å². The van der Waals surface area contributed by atoms with Crippen molar-refractivity contribution in [1.29, 1.82) is 0 Å². The van der Waals surface area contributed by atoms with E-state index in [2.05, 4.69) is 21.5 Å². The molecule has 148 valence electrons. The highest BCUT2D eigenvalue weighted by Gasteiger charge is 2.13. The fourth-order valence-electron chi connectivity index (χ4n) is 3.00. The lowest BCUT2D eigenvalue weighted by molar-refractivity contribution is 0.0955. The molecule has 2 aromatic carbocycles. The van der Waals surface area contributed by atoms with Gasteiger partial charge in [0.05, 0.1) is 20.4 Å². The summed E-state index contributed by atoms with van der Waals surface area (Å²) in [5.41, 5.74) is 5.09. The summed E-state index contributed by atoms with van der Waals surface area (Å²) in [5.74, 6) is 3.55. The first kappa shape index (κ1) is 20.2. The predicted molar refractivity (Wildman–Crippen MR) is 114 cm³/mol. The lowest BCUT2D eigenvalue weighted by Crippen LogP contribution is -2.32. The van der Waals surface area contributed by atoms with Crippen LogP contribution in [0.15, 0.2) is 47.6 Å². The van der Waals surface area contributed by atoms with Gasteiger partial charge in [-0.15, -0.1) is 0 Å². The lowest BCUT2D eigenvalue weighted by atomic mass is 10.1. The zero-order valence-corrected chi connectivity index (χ0v) is 17.0. The molecule has 1 heterocycles. The fourth-order valence-corrected chi connectivity index (χ4v) is 3.98. The maximum absolute atomic E-state index is 12.2. The minimum atomic E-state index is -0.283. The van der Waals surface area contributed by atoms with Crippen LogP contribution in [0, 0.1) is 0 Å². The van der Waals surface area contributed by atoms with E-state index in [9.17, 15) is 4.79 Å². The third-order valence-electron chi connectivity index (χ3n) is 4.51. The van der Waals surface area contributed by atoms with E-state index < -0.39 is 0 Å². The maximum atomic E-state index is 12.2. The van der Waals surface area contributed by atoms with Gasteiger partial charge < -0.3 is 9.47 Å². The second-order valence-electron chi connectivity index (χ2n) is 6.39. The van der Waals surface area contributed by atoms with Crippen molar-refractivity contribution in [2.45, 2.75) is 6.54 Å². The molecule has 0 atom stereocenters. The molecule has 0 saturated carbocycles. The number of ether oxygens (including phenoxy) is 2. The molecule has 1 fully saturated rings. The van der Waals surface area contributed by atoms with Gasteiger partial charge in [-0.1, -0.05) is 6.07 Å². The first-order chi connectivity index (χ1) is 13.7. The topological polar surface area (TPSA) is 63.2 Å². The molecule has 0 bridgehead atoms. The van der Waals surface area contributed by atoms with Crippen molar-refractivity contribution in [2.24, 2.45) is 5.10 Å². The highest BCUT2D eigenvalue weighted by atomic mass is 32.2. The Hall–Kier alpha value is -2.51. The summed E-state index contributed by atoms with van der Waals surface area (Å²) in [4.78, 5) is 14.7. The number of hydrogen-bond acceptors (Lipinski definition) is 6. The molecule has 0 radical (unpaired) electrons. The van der Waals surface area contributed by atoms with Gasteiger partial charge in [0.1, 0.15) is 11.5 Å². The Morgan fingerprint density at radius 2 is 2.00 bits per heavy atom. The number of hydrazone groups is 1. The number of methoxy groups -OCH3 is 2. The molecule has 7 heteroatoms. The molecule has 0 aliphatic carbocycles. The van der Waals surface area contributed by atoms with Crippen LogP contribution in [-0.2, 0) is 6.54 Å². The van der Waals surface area contributed by atoms with Crippen LogP contribution in [0.25, 0.3) is 0 Å². The molecule has 0 unspecified atom stereocenters. The van der Waals surface area contributed by atoms with Crippen LogP contribution in [0.4, 0.5) is 0 Å². The van der Waals surface area contributed by atoms with E-state index in [4.69, 9.17) is 9.47 Å². The summed E-state index contributed by atoms with van der Waals surface area (Å²) in [5, 5.41) is 4.09. The van der Waals surface area contributed by atoms with Crippen LogP contribution in [0.3, 0.4) is 0 Å². The number of thioether (sulfide) groups is 1. The van der Waals surface area contributed by atoms with Gasteiger partial charge in [0.25, 0.3) is 5.91 Å². The fraction of sp³-hybridized carbons (Fsp3) is 0.333. The lowest BCUT2D eigenvalue weighted by Gasteiger charge is -2.26. The van der Waals surface area contributed by atoms with Crippen LogP contribution < -0.4 is 14.9 Å². The average molecular weight is 400 g/mol. The Balaban J connectivity index is 1.65. The largest absolute Gasteiger partial charge is 0.497 e. The van der Waals surface area contributed by atoms with Crippen LogP contribution in [0.5, 0.6) is 11.5 Å². The molecule has 1 amide bonds. The smallest absolute Gasteiger partial charge is 0.271 e. The number of nitrogens with one attached hydrogen (secondary N) is 1. The molecule has 1 aliphatic rings. The van der Waals surface area contributed by atoms with Crippen molar-refractivity contribution in [2.75, 3.05) is 38.8 Å². The van der Waals surface area contributed by atoms with Gasteiger partial charge in [0.15, 0.2) is 0 Å². The normalized spacial score (nSPS) is 14.8. The molecule has 1 saturated heterocycles. The van der Waals surface area contributed by atoms with Crippen molar-refractivity contribution in [3.8, 4) is 11.5 Å². The van der Waals surface area contributed by atoms with Gasteiger partial charge in [-0.25, -0.2) is 5.43 Å². The number of rotatable bonds is 7. The van der Waals surface area contributed by atoms with Crippen LogP contribution in [-0.4, -0.2) is 55.8 Å². The molecule has 28 heavy (non-hydrogen) atoms. The van der Waals surface area contributed by atoms with E-state index in [-0.39, 0.29) is 5.91 Å². The molecule has 0 spiro atoms. The van der Waals surface area contributed by atoms with Crippen molar-refractivity contribution >= 4 is 23.9 Å². The molecule has 1 aliphatic heterocycles. The molecule has 2 aromatic rings. The van der Waals surface area contributed by atoms with E-state index in [0.717, 1.165) is 36.5 Å². The van der Waals surface area contributed by atoms with Gasteiger partial charge in [-0.3, -0.25) is 9.69 Å². The minimum absolute atomic E-state index is 0.283. The second-order valence-corrected chi connectivity index (χ2v) is 7.62. The summed E-state index contributed by atoms with van der Waals surface area (Å²) in [6.45, 7) is 3.02. The number of nitrogens with zero attached hydrogens (tertiary/aromatic N) is 2. The molecule has 0 aromatic heterocycles. The first-order valence-corrected chi connectivity index (χ1v) is 10.3. The summed E-state index contributed by atoms with van der Waals surface area (Å²) in [6.07, 6.45) is 1.65. The first-order valence-electron chi connectivity index (χ1n) is 9.14. The van der Waals surface area contributed by atoms with Crippen molar-refractivity contribution < 1.29 is 14.3 Å². The monoisotopic (exact) mass is 399 g/mol. The quantitative estimate of drug-likeness (QED) is 0.573. The molecular weight excluding hydrogens is 374 g/mol. The van der Waals surface area contributed by atoms with Gasteiger partial charge in [-0.2, -0.15) is 16.9 Å². The summed E-state index contributed by atoms with van der Waals surface area (Å²) in [6, 6.07) is 12.9. The molecule has 6 nitrogen and oxygen atoms in total.